The highest BCUT2D eigenvalue weighted by Crippen LogP contribution is 2.20. The summed E-state index contributed by atoms with van der Waals surface area (Å²) >= 11 is 5.97. The molecule has 0 spiro atoms. The highest BCUT2D eigenvalue weighted by atomic mass is 35.5. The van der Waals surface area contributed by atoms with Crippen LogP contribution < -0.4 is 10.6 Å². The maximum Gasteiger partial charge on any atom is 0.125 e. The van der Waals surface area contributed by atoms with Gasteiger partial charge < -0.3 is 10.6 Å². The van der Waals surface area contributed by atoms with Crippen molar-refractivity contribution in [1.29, 1.82) is 5.41 Å². The first kappa shape index (κ1) is 13.4. The molecular weight excluding hydrogens is 260 g/mol. The molecule has 5 heteroatoms. The van der Waals surface area contributed by atoms with E-state index in [1.807, 2.05) is 36.2 Å². The van der Waals surface area contributed by atoms with Crippen LogP contribution in [0.2, 0.25) is 5.02 Å². The Labute approximate surface area is 117 Å². The topological polar surface area (TPSA) is 66.0 Å². The van der Waals surface area contributed by atoms with Gasteiger partial charge in [0, 0.05) is 30.4 Å². The van der Waals surface area contributed by atoms with Gasteiger partial charge in [-0.1, -0.05) is 23.7 Å². The number of halogens is 1. The van der Waals surface area contributed by atoms with E-state index in [-0.39, 0.29) is 5.84 Å². The van der Waals surface area contributed by atoms with Crippen LogP contribution in [-0.4, -0.2) is 17.9 Å². The molecule has 19 heavy (non-hydrogen) atoms. The molecule has 0 atom stereocenters. The zero-order valence-electron chi connectivity index (χ0n) is 10.6. The van der Waals surface area contributed by atoms with Crippen molar-refractivity contribution in [2.75, 3.05) is 11.9 Å². The van der Waals surface area contributed by atoms with Crippen LogP contribution >= 0.6 is 11.6 Å². The van der Waals surface area contributed by atoms with Crippen molar-refractivity contribution < 1.29 is 0 Å². The van der Waals surface area contributed by atoms with E-state index in [0.717, 1.165) is 11.3 Å². The zero-order chi connectivity index (χ0) is 13.8. The van der Waals surface area contributed by atoms with Gasteiger partial charge in [-0.3, -0.25) is 10.4 Å². The van der Waals surface area contributed by atoms with Gasteiger partial charge in [-0.2, -0.15) is 0 Å². The van der Waals surface area contributed by atoms with E-state index >= 15 is 0 Å². The van der Waals surface area contributed by atoms with Gasteiger partial charge in [0.2, 0.25) is 0 Å². The third-order valence-corrected chi connectivity index (χ3v) is 3.05. The largest absolute Gasteiger partial charge is 0.384 e. The number of nitrogens with two attached hydrogens (primary N) is 1. The minimum atomic E-state index is 0.0374. The smallest absolute Gasteiger partial charge is 0.125 e. The van der Waals surface area contributed by atoms with Crippen molar-refractivity contribution in [1.82, 2.24) is 4.98 Å². The summed E-state index contributed by atoms with van der Waals surface area (Å²) in [5, 5.41) is 8.30. The SMILES string of the molecule is CN(Cc1cccc(Cl)c1)c1cnccc1C(=N)N. The Morgan fingerprint density at radius 3 is 2.89 bits per heavy atom. The number of rotatable bonds is 4. The number of anilines is 1. The number of benzene rings is 1. The molecule has 0 unspecified atom stereocenters. The summed E-state index contributed by atoms with van der Waals surface area (Å²) < 4.78 is 0. The van der Waals surface area contributed by atoms with Gasteiger partial charge in [0.25, 0.3) is 0 Å². The van der Waals surface area contributed by atoms with Crippen LogP contribution in [0.3, 0.4) is 0 Å². The summed E-state index contributed by atoms with van der Waals surface area (Å²) in [6.45, 7) is 0.673. The molecule has 4 nitrogen and oxygen atoms in total. The average molecular weight is 275 g/mol. The van der Waals surface area contributed by atoms with Crippen molar-refractivity contribution in [3.05, 3.63) is 58.9 Å². The number of pyridine rings is 1. The van der Waals surface area contributed by atoms with Crippen LogP contribution in [0.25, 0.3) is 0 Å². The first-order valence-electron chi connectivity index (χ1n) is 5.82. The fraction of sp³-hybridized carbons (Fsp3) is 0.143. The van der Waals surface area contributed by atoms with Gasteiger partial charge in [0.15, 0.2) is 0 Å². The van der Waals surface area contributed by atoms with Crippen molar-refractivity contribution in [3.8, 4) is 0 Å². The number of aromatic nitrogens is 1. The zero-order valence-corrected chi connectivity index (χ0v) is 11.4. The van der Waals surface area contributed by atoms with Gasteiger partial charge in [-0.05, 0) is 23.8 Å². The van der Waals surface area contributed by atoms with Gasteiger partial charge in [0.1, 0.15) is 5.84 Å². The fourth-order valence-electron chi connectivity index (χ4n) is 1.91. The molecule has 0 saturated heterocycles. The lowest BCUT2D eigenvalue weighted by atomic mass is 10.1. The second-order valence-electron chi connectivity index (χ2n) is 4.29. The lowest BCUT2D eigenvalue weighted by Gasteiger charge is -2.21. The molecule has 0 fully saturated rings. The van der Waals surface area contributed by atoms with Crippen molar-refractivity contribution in [2.24, 2.45) is 5.73 Å². The second kappa shape index (κ2) is 5.71. The Hall–Kier alpha value is -2.07. The van der Waals surface area contributed by atoms with Crippen LogP contribution in [-0.2, 0) is 6.54 Å². The highest BCUT2D eigenvalue weighted by Gasteiger charge is 2.10. The van der Waals surface area contributed by atoms with Gasteiger partial charge in [-0.25, -0.2) is 0 Å². The van der Waals surface area contributed by atoms with Crippen LogP contribution in [0.5, 0.6) is 0 Å². The van der Waals surface area contributed by atoms with E-state index < -0.39 is 0 Å². The Morgan fingerprint density at radius 2 is 2.21 bits per heavy atom. The molecule has 3 N–H and O–H groups in total. The summed E-state index contributed by atoms with van der Waals surface area (Å²) in [5.41, 5.74) is 8.18. The first-order valence-corrected chi connectivity index (χ1v) is 6.19. The van der Waals surface area contributed by atoms with Gasteiger partial charge >= 0.3 is 0 Å². The molecule has 1 heterocycles. The van der Waals surface area contributed by atoms with E-state index in [1.165, 1.54) is 0 Å². The average Bonchev–Trinajstić information content (AvgIpc) is 2.38. The number of nitrogens with one attached hydrogen (secondary N) is 1. The van der Waals surface area contributed by atoms with Crippen molar-refractivity contribution in [3.63, 3.8) is 0 Å². The van der Waals surface area contributed by atoms with Crippen molar-refractivity contribution in [2.45, 2.75) is 6.54 Å². The molecular formula is C14H15ClN4. The monoisotopic (exact) mass is 274 g/mol. The first-order chi connectivity index (χ1) is 9.08. The molecule has 1 aromatic carbocycles. The lowest BCUT2D eigenvalue weighted by Crippen LogP contribution is -2.22. The Kier molecular flexibility index (Phi) is 4.02. The summed E-state index contributed by atoms with van der Waals surface area (Å²) in [7, 11) is 1.93. The third kappa shape index (κ3) is 3.23. The molecule has 2 rings (SSSR count). The van der Waals surface area contributed by atoms with Crippen LogP contribution in [0.1, 0.15) is 11.1 Å². The molecule has 0 aliphatic carbocycles. The lowest BCUT2D eigenvalue weighted by molar-refractivity contribution is 0.916. The minimum Gasteiger partial charge on any atom is -0.384 e. The Morgan fingerprint density at radius 1 is 1.42 bits per heavy atom. The predicted octanol–water partition coefficient (Wildman–Crippen LogP) is 2.66. The summed E-state index contributed by atoms with van der Waals surface area (Å²) in [4.78, 5) is 6.08. The molecule has 0 aliphatic rings. The summed E-state index contributed by atoms with van der Waals surface area (Å²) in [6.07, 6.45) is 3.34. The third-order valence-electron chi connectivity index (χ3n) is 2.81. The standard InChI is InChI=1S/C14H15ClN4/c1-19(9-10-3-2-4-11(15)7-10)13-8-18-6-5-12(13)14(16)17/h2-8H,9H2,1H3,(H3,16,17). The number of hydrogen-bond acceptors (Lipinski definition) is 3. The van der Waals surface area contributed by atoms with E-state index in [2.05, 4.69) is 4.98 Å². The Bertz CT molecular complexity index is 598. The number of hydrogen-bond donors (Lipinski definition) is 2. The number of nitrogens with zero attached hydrogens (tertiary/aromatic N) is 2. The summed E-state index contributed by atoms with van der Waals surface area (Å²) in [6, 6.07) is 9.43. The second-order valence-corrected chi connectivity index (χ2v) is 4.73. The van der Waals surface area contributed by atoms with Crippen LogP contribution in [0, 0.1) is 5.41 Å². The fourth-order valence-corrected chi connectivity index (χ4v) is 2.13. The summed E-state index contributed by atoms with van der Waals surface area (Å²) in [5.74, 6) is 0.0374. The maximum atomic E-state index is 7.59. The maximum absolute atomic E-state index is 7.59. The molecule has 98 valence electrons. The predicted molar refractivity (Wildman–Crippen MR) is 78.8 cm³/mol. The molecule has 0 bridgehead atoms. The number of nitrogen functional groups attached to an aromatic ring is 1. The Balaban J connectivity index is 2.25. The molecule has 0 amide bonds. The quantitative estimate of drug-likeness (QED) is 0.665. The van der Waals surface area contributed by atoms with Crippen LogP contribution in [0.4, 0.5) is 5.69 Å². The molecule has 0 aliphatic heterocycles. The molecule has 1 aromatic heterocycles. The highest BCUT2D eigenvalue weighted by molar-refractivity contribution is 6.30. The van der Waals surface area contributed by atoms with Crippen LogP contribution in [0.15, 0.2) is 42.7 Å². The van der Waals surface area contributed by atoms with E-state index in [4.69, 9.17) is 22.7 Å². The van der Waals surface area contributed by atoms with E-state index in [0.29, 0.717) is 17.1 Å². The minimum absolute atomic E-state index is 0.0374. The normalized spacial score (nSPS) is 10.2. The van der Waals surface area contributed by atoms with E-state index in [9.17, 15) is 0 Å². The van der Waals surface area contributed by atoms with Crippen molar-refractivity contribution >= 4 is 23.1 Å². The molecule has 2 aromatic rings. The molecule has 0 radical (unpaired) electrons. The molecule has 0 saturated carbocycles. The number of amidine groups is 1. The van der Waals surface area contributed by atoms with Gasteiger partial charge in [0.05, 0.1) is 11.9 Å². The van der Waals surface area contributed by atoms with E-state index in [1.54, 1.807) is 18.5 Å². The van der Waals surface area contributed by atoms with Gasteiger partial charge in [-0.15, -0.1) is 0 Å².